The van der Waals surface area contributed by atoms with Gasteiger partial charge in [-0.25, -0.2) is 8.78 Å². The van der Waals surface area contributed by atoms with E-state index in [0.717, 1.165) is 0 Å². The number of nitrogens with one attached hydrogen (secondary N) is 1. The standard InChI is InChI=1S/C7H13F2NO2/c1-7(6(8)9)3-10-2-4(11)5(7)12/h4-6,10-12H,2-3H2,1H3/t4-,5+,7?/m1/s1. The topological polar surface area (TPSA) is 52.5 Å². The summed E-state index contributed by atoms with van der Waals surface area (Å²) in [6.07, 6.45) is -5.08. The van der Waals surface area contributed by atoms with Crippen molar-refractivity contribution in [1.82, 2.24) is 5.32 Å². The minimum atomic E-state index is -2.63. The van der Waals surface area contributed by atoms with Gasteiger partial charge in [-0.3, -0.25) is 0 Å². The van der Waals surface area contributed by atoms with Crippen LogP contribution in [-0.4, -0.2) is 41.9 Å². The summed E-state index contributed by atoms with van der Waals surface area (Å²) >= 11 is 0. The average molecular weight is 181 g/mol. The van der Waals surface area contributed by atoms with Crippen molar-refractivity contribution < 1.29 is 19.0 Å². The lowest BCUT2D eigenvalue weighted by Gasteiger charge is -2.40. The second-order valence-electron chi connectivity index (χ2n) is 3.45. The molecule has 3 atom stereocenters. The van der Waals surface area contributed by atoms with Crippen molar-refractivity contribution in [3.8, 4) is 0 Å². The fraction of sp³-hybridized carbons (Fsp3) is 1.00. The molecule has 0 saturated carbocycles. The zero-order valence-electron chi connectivity index (χ0n) is 6.80. The molecule has 1 fully saturated rings. The minimum absolute atomic E-state index is 0.0306. The van der Waals surface area contributed by atoms with Crippen molar-refractivity contribution in [1.29, 1.82) is 0 Å². The number of hydrogen-bond acceptors (Lipinski definition) is 3. The van der Waals surface area contributed by atoms with Gasteiger partial charge in [0.05, 0.1) is 17.6 Å². The summed E-state index contributed by atoms with van der Waals surface area (Å²) in [7, 11) is 0. The van der Waals surface area contributed by atoms with E-state index in [0.29, 0.717) is 0 Å². The number of piperidine rings is 1. The molecule has 0 spiro atoms. The van der Waals surface area contributed by atoms with Crippen molar-refractivity contribution in [2.75, 3.05) is 13.1 Å². The van der Waals surface area contributed by atoms with Gasteiger partial charge < -0.3 is 15.5 Å². The SMILES string of the molecule is CC1(C(F)F)CNC[C@@H](O)[C@@H]1O. The number of β-amino-alcohol motifs (C(OH)–C–C–N with tert-alkyl or cyclic N) is 1. The minimum Gasteiger partial charge on any atom is -0.390 e. The lowest BCUT2D eigenvalue weighted by atomic mass is 9.79. The van der Waals surface area contributed by atoms with E-state index in [2.05, 4.69) is 5.32 Å². The van der Waals surface area contributed by atoms with E-state index in [9.17, 15) is 13.9 Å². The van der Waals surface area contributed by atoms with Gasteiger partial charge in [-0.05, 0) is 0 Å². The van der Waals surface area contributed by atoms with E-state index >= 15 is 0 Å². The van der Waals surface area contributed by atoms with Gasteiger partial charge in [0.1, 0.15) is 0 Å². The Labute approximate surface area is 69.4 Å². The monoisotopic (exact) mass is 181 g/mol. The Morgan fingerprint density at radius 1 is 1.50 bits per heavy atom. The van der Waals surface area contributed by atoms with E-state index in [4.69, 9.17) is 5.11 Å². The second-order valence-corrected chi connectivity index (χ2v) is 3.45. The molecule has 1 unspecified atom stereocenters. The zero-order chi connectivity index (χ0) is 9.35. The van der Waals surface area contributed by atoms with Gasteiger partial charge in [0.25, 0.3) is 0 Å². The zero-order valence-corrected chi connectivity index (χ0v) is 6.80. The van der Waals surface area contributed by atoms with Gasteiger partial charge in [-0.2, -0.15) is 0 Å². The summed E-state index contributed by atoms with van der Waals surface area (Å²) in [5.74, 6) is 0. The van der Waals surface area contributed by atoms with Crippen molar-refractivity contribution in [2.45, 2.75) is 25.6 Å². The van der Waals surface area contributed by atoms with E-state index < -0.39 is 24.0 Å². The highest BCUT2D eigenvalue weighted by atomic mass is 19.3. The predicted molar refractivity (Wildman–Crippen MR) is 39.0 cm³/mol. The molecule has 1 heterocycles. The molecule has 1 rings (SSSR count). The van der Waals surface area contributed by atoms with Crippen LogP contribution in [-0.2, 0) is 0 Å². The maximum Gasteiger partial charge on any atom is 0.247 e. The Kier molecular flexibility index (Phi) is 2.65. The van der Waals surface area contributed by atoms with E-state index in [-0.39, 0.29) is 13.1 Å². The molecule has 1 saturated heterocycles. The normalized spacial score (nSPS) is 43.5. The van der Waals surface area contributed by atoms with Crippen LogP contribution < -0.4 is 5.32 Å². The smallest absolute Gasteiger partial charge is 0.247 e. The number of aliphatic hydroxyl groups is 2. The van der Waals surface area contributed by atoms with E-state index in [1.807, 2.05) is 0 Å². The molecule has 1 aliphatic heterocycles. The van der Waals surface area contributed by atoms with Crippen LogP contribution in [0.1, 0.15) is 6.92 Å². The second kappa shape index (κ2) is 3.24. The van der Waals surface area contributed by atoms with Crippen molar-refractivity contribution >= 4 is 0 Å². The Hall–Kier alpha value is -0.260. The summed E-state index contributed by atoms with van der Waals surface area (Å²) in [6.45, 7) is 1.46. The Bertz CT molecular complexity index is 167. The van der Waals surface area contributed by atoms with Gasteiger partial charge in [-0.15, -0.1) is 0 Å². The largest absolute Gasteiger partial charge is 0.390 e. The highest BCUT2D eigenvalue weighted by Crippen LogP contribution is 2.32. The molecule has 12 heavy (non-hydrogen) atoms. The molecular weight excluding hydrogens is 168 g/mol. The number of alkyl halides is 2. The molecule has 0 amide bonds. The third-order valence-corrected chi connectivity index (χ3v) is 2.40. The molecule has 0 aromatic rings. The van der Waals surface area contributed by atoms with Crippen LogP contribution >= 0.6 is 0 Å². The summed E-state index contributed by atoms with van der Waals surface area (Å²) in [6, 6.07) is 0. The number of rotatable bonds is 1. The fourth-order valence-electron chi connectivity index (χ4n) is 1.35. The van der Waals surface area contributed by atoms with Crippen LogP contribution in [0.3, 0.4) is 0 Å². The first-order valence-corrected chi connectivity index (χ1v) is 3.83. The van der Waals surface area contributed by atoms with Crippen molar-refractivity contribution in [3.05, 3.63) is 0 Å². The lowest BCUT2D eigenvalue weighted by molar-refractivity contribution is -0.139. The first kappa shape index (κ1) is 9.83. The maximum atomic E-state index is 12.4. The molecule has 0 radical (unpaired) electrons. The Balaban J connectivity index is 2.74. The number of aliphatic hydroxyl groups excluding tert-OH is 2. The fourth-order valence-corrected chi connectivity index (χ4v) is 1.35. The quantitative estimate of drug-likeness (QED) is 0.515. The summed E-state index contributed by atoms with van der Waals surface area (Å²) < 4.78 is 24.8. The third kappa shape index (κ3) is 1.44. The molecular formula is C7H13F2NO2. The molecule has 3 nitrogen and oxygen atoms in total. The van der Waals surface area contributed by atoms with Crippen molar-refractivity contribution in [3.63, 3.8) is 0 Å². The predicted octanol–water partition coefficient (Wildman–Crippen LogP) is -0.417. The van der Waals surface area contributed by atoms with E-state index in [1.165, 1.54) is 6.92 Å². The Morgan fingerprint density at radius 3 is 2.50 bits per heavy atom. The van der Waals surface area contributed by atoms with E-state index in [1.54, 1.807) is 0 Å². The van der Waals surface area contributed by atoms with Crippen LogP contribution in [0, 0.1) is 5.41 Å². The molecule has 3 N–H and O–H groups in total. The van der Waals surface area contributed by atoms with Crippen LogP contribution in [0.15, 0.2) is 0 Å². The first-order chi connectivity index (χ1) is 5.48. The molecule has 0 bridgehead atoms. The first-order valence-electron chi connectivity index (χ1n) is 3.83. The summed E-state index contributed by atoms with van der Waals surface area (Å²) in [5, 5.41) is 21.1. The summed E-state index contributed by atoms with van der Waals surface area (Å²) in [5.41, 5.74) is -1.53. The van der Waals surface area contributed by atoms with Crippen LogP contribution in [0.4, 0.5) is 8.78 Å². The molecule has 0 aromatic heterocycles. The third-order valence-electron chi connectivity index (χ3n) is 2.40. The maximum absolute atomic E-state index is 12.4. The summed E-state index contributed by atoms with van der Waals surface area (Å²) in [4.78, 5) is 0. The highest BCUT2D eigenvalue weighted by molar-refractivity contribution is 4.95. The van der Waals surface area contributed by atoms with Gasteiger partial charge >= 0.3 is 0 Å². The highest BCUT2D eigenvalue weighted by Gasteiger charge is 2.47. The molecule has 5 heteroatoms. The number of hydrogen-bond donors (Lipinski definition) is 3. The average Bonchev–Trinajstić information content (AvgIpc) is 2.00. The van der Waals surface area contributed by atoms with Crippen LogP contribution in [0.2, 0.25) is 0 Å². The van der Waals surface area contributed by atoms with Gasteiger partial charge in [-0.1, -0.05) is 6.92 Å². The number of halogens is 2. The van der Waals surface area contributed by atoms with Crippen molar-refractivity contribution in [2.24, 2.45) is 5.41 Å². The molecule has 1 aliphatic rings. The van der Waals surface area contributed by atoms with Gasteiger partial charge in [0.2, 0.25) is 6.43 Å². The molecule has 0 aromatic carbocycles. The van der Waals surface area contributed by atoms with Crippen LogP contribution in [0.25, 0.3) is 0 Å². The molecule has 0 aliphatic carbocycles. The van der Waals surface area contributed by atoms with Gasteiger partial charge in [0.15, 0.2) is 0 Å². The molecule has 72 valence electrons. The Morgan fingerprint density at radius 2 is 2.08 bits per heavy atom. The lowest BCUT2D eigenvalue weighted by Crippen LogP contribution is -2.59. The van der Waals surface area contributed by atoms with Gasteiger partial charge in [0, 0.05) is 13.1 Å². The van der Waals surface area contributed by atoms with Crippen LogP contribution in [0.5, 0.6) is 0 Å².